The Balaban J connectivity index is 1.64. The number of hydrogen-bond donors (Lipinski definition) is 2. The molecule has 0 saturated carbocycles. The van der Waals surface area contributed by atoms with Crippen molar-refractivity contribution in [3.05, 3.63) is 0 Å². The van der Waals surface area contributed by atoms with Crippen LogP contribution in [0, 0.1) is 11.8 Å². The van der Waals surface area contributed by atoms with Gasteiger partial charge in [0.25, 0.3) is 0 Å². The van der Waals surface area contributed by atoms with Crippen LogP contribution >= 0.6 is 0 Å². The van der Waals surface area contributed by atoms with Crippen LogP contribution in [0.15, 0.2) is 0 Å². The Morgan fingerprint density at radius 1 is 1.11 bits per heavy atom. The highest BCUT2D eigenvalue weighted by atomic mass is 16.2. The topological polar surface area (TPSA) is 35.5 Å². The van der Waals surface area contributed by atoms with Crippen LogP contribution in [-0.2, 0) is 0 Å². The standard InChI is InChI=1S/C15H28N2O/c18-10-2-1-7-14-13-6-4-9-17-8-3-5-12(11-16-14)15(13)17/h12-16,18H,1-11H2/t12-,13+,14+,15-/m0/s1. The molecule has 0 bridgehead atoms. The molecule has 0 amide bonds. The van der Waals surface area contributed by atoms with Gasteiger partial charge in [-0.1, -0.05) is 0 Å². The van der Waals surface area contributed by atoms with Gasteiger partial charge in [0.05, 0.1) is 0 Å². The number of aliphatic hydroxyl groups is 1. The molecule has 0 aromatic carbocycles. The number of aliphatic hydroxyl groups excluding tert-OH is 1. The van der Waals surface area contributed by atoms with E-state index in [2.05, 4.69) is 10.2 Å². The van der Waals surface area contributed by atoms with Gasteiger partial charge in [-0.3, -0.25) is 4.90 Å². The van der Waals surface area contributed by atoms with Crippen molar-refractivity contribution < 1.29 is 5.11 Å². The molecule has 3 aliphatic heterocycles. The third-order valence-electron chi connectivity index (χ3n) is 5.43. The Hall–Kier alpha value is -0.120. The zero-order valence-corrected chi connectivity index (χ0v) is 11.5. The van der Waals surface area contributed by atoms with E-state index in [1.165, 1.54) is 58.2 Å². The molecule has 0 unspecified atom stereocenters. The van der Waals surface area contributed by atoms with Crippen LogP contribution in [0.3, 0.4) is 0 Å². The molecule has 3 saturated heterocycles. The van der Waals surface area contributed by atoms with Gasteiger partial charge in [-0.25, -0.2) is 0 Å². The van der Waals surface area contributed by atoms with Crippen molar-refractivity contribution in [3.8, 4) is 0 Å². The molecular formula is C15H28N2O. The van der Waals surface area contributed by atoms with Crippen molar-refractivity contribution in [2.45, 2.75) is 57.0 Å². The highest BCUT2D eigenvalue weighted by Gasteiger charge is 2.44. The van der Waals surface area contributed by atoms with Crippen molar-refractivity contribution in [1.82, 2.24) is 10.2 Å². The molecule has 0 aliphatic carbocycles. The van der Waals surface area contributed by atoms with E-state index in [4.69, 9.17) is 5.11 Å². The molecule has 0 aromatic heterocycles. The van der Waals surface area contributed by atoms with E-state index in [0.717, 1.165) is 30.3 Å². The van der Waals surface area contributed by atoms with Gasteiger partial charge in [0.1, 0.15) is 0 Å². The molecule has 3 nitrogen and oxygen atoms in total. The maximum absolute atomic E-state index is 8.93. The second kappa shape index (κ2) is 5.89. The molecule has 0 radical (unpaired) electrons. The van der Waals surface area contributed by atoms with E-state index in [0.29, 0.717) is 6.61 Å². The van der Waals surface area contributed by atoms with Crippen LogP contribution in [0.1, 0.15) is 44.9 Å². The van der Waals surface area contributed by atoms with Gasteiger partial charge in [-0.05, 0) is 76.4 Å². The van der Waals surface area contributed by atoms with Gasteiger partial charge < -0.3 is 10.4 Å². The van der Waals surface area contributed by atoms with Crippen molar-refractivity contribution in [1.29, 1.82) is 0 Å². The van der Waals surface area contributed by atoms with E-state index in [1.54, 1.807) is 0 Å². The van der Waals surface area contributed by atoms with Gasteiger partial charge in [-0.15, -0.1) is 0 Å². The predicted octanol–water partition coefficient (Wildman–Crippen LogP) is 1.61. The van der Waals surface area contributed by atoms with E-state index >= 15 is 0 Å². The number of unbranched alkanes of at least 4 members (excludes halogenated alkanes) is 1. The van der Waals surface area contributed by atoms with Crippen molar-refractivity contribution in [2.75, 3.05) is 26.2 Å². The lowest BCUT2D eigenvalue weighted by atomic mass is 9.70. The van der Waals surface area contributed by atoms with Crippen LogP contribution < -0.4 is 5.32 Å². The fourth-order valence-corrected chi connectivity index (χ4v) is 4.66. The van der Waals surface area contributed by atoms with Crippen molar-refractivity contribution in [2.24, 2.45) is 11.8 Å². The number of piperidine rings is 3. The lowest BCUT2D eigenvalue weighted by molar-refractivity contribution is -0.0244. The normalized spacial score (nSPS) is 40.5. The first kappa shape index (κ1) is 12.9. The largest absolute Gasteiger partial charge is 0.396 e. The minimum atomic E-state index is 0.357. The molecule has 0 aromatic rings. The molecule has 104 valence electrons. The molecule has 3 aliphatic rings. The van der Waals surface area contributed by atoms with Gasteiger partial charge in [0.15, 0.2) is 0 Å². The maximum Gasteiger partial charge on any atom is 0.0431 e. The number of rotatable bonds is 4. The summed E-state index contributed by atoms with van der Waals surface area (Å²) in [5, 5.41) is 12.8. The van der Waals surface area contributed by atoms with Gasteiger partial charge in [0.2, 0.25) is 0 Å². The van der Waals surface area contributed by atoms with E-state index in [1.807, 2.05) is 0 Å². The Bertz CT molecular complexity index is 260. The second-order valence-corrected chi connectivity index (χ2v) is 6.47. The fourth-order valence-electron chi connectivity index (χ4n) is 4.66. The summed E-state index contributed by atoms with van der Waals surface area (Å²) in [5.74, 6) is 1.80. The summed E-state index contributed by atoms with van der Waals surface area (Å²) >= 11 is 0. The lowest BCUT2D eigenvalue weighted by Crippen LogP contribution is -2.63. The van der Waals surface area contributed by atoms with E-state index in [-0.39, 0.29) is 0 Å². The quantitative estimate of drug-likeness (QED) is 0.746. The summed E-state index contributed by atoms with van der Waals surface area (Å²) in [6, 6.07) is 1.60. The fraction of sp³-hybridized carbons (Fsp3) is 1.00. The Labute approximate surface area is 111 Å². The summed E-state index contributed by atoms with van der Waals surface area (Å²) in [6.45, 7) is 4.29. The third-order valence-corrected chi connectivity index (χ3v) is 5.43. The minimum Gasteiger partial charge on any atom is -0.396 e. The summed E-state index contributed by atoms with van der Waals surface area (Å²) < 4.78 is 0. The first-order chi connectivity index (χ1) is 8.90. The number of nitrogens with zero attached hydrogens (tertiary/aromatic N) is 1. The van der Waals surface area contributed by atoms with Gasteiger partial charge in [0, 0.05) is 18.7 Å². The maximum atomic E-state index is 8.93. The molecule has 18 heavy (non-hydrogen) atoms. The second-order valence-electron chi connectivity index (χ2n) is 6.47. The van der Waals surface area contributed by atoms with Gasteiger partial charge in [-0.2, -0.15) is 0 Å². The lowest BCUT2D eigenvalue weighted by Gasteiger charge is -2.54. The molecular weight excluding hydrogens is 224 g/mol. The SMILES string of the molecule is OCCCC[C@H]1NC[C@@H]2CCCN3CCC[C@H]1[C@H]23. The van der Waals surface area contributed by atoms with E-state index in [9.17, 15) is 0 Å². The average molecular weight is 252 g/mol. The Morgan fingerprint density at radius 3 is 2.78 bits per heavy atom. The minimum absolute atomic E-state index is 0.357. The smallest absolute Gasteiger partial charge is 0.0431 e. The summed E-state index contributed by atoms with van der Waals surface area (Å²) in [5.41, 5.74) is 0. The molecule has 3 heterocycles. The Morgan fingerprint density at radius 2 is 1.94 bits per heavy atom. The molecule has 4 atom stereocenters. The van der Waals surface area contributed by atoms with Crippen LogP contribution in [-0.4, -0.2) is 48.3 Å². The number of nitrogens with one attached hydrogen (secondary N) is 1. The molecule has 3 heteroatoms. The van der Waals surface area contributed by atoms with Crippen LogP contribution in [0.25, 0.3) is 0 Å². The first-order valence-corrected chi connectivity index (χ1v) is 7.98. The zero-order chi connectivity index (χ0) is 12.4. The van der Waals surface area contributed by atoms with Crippen molar-refractivity contribution >= 4 is 0 Å². The summed E-state index contributed by atoms with van der Waals surface area (Å²) in [4.78, 5) is 2.79. The van der Waals surface area contributed by atoms with Gasteiger partial charge >= 0.3 is 0 Å². The number of hydrogen-bond acceptors (Lipinski definition) is 3. The molecule has 2 N–H and O–H groups in total. The molecule has 3 fully saturated rings. The highest BCUT2D eigenvalue weighted by molar-refractivity contribution is 5.01. The zero-order valence-electron chi connectivity index (χ0n) is 11.5. The van der Waals surface area contributed by atoms with E-state index < -0.39 is 0 Å². The summed E-state index contributed by atoms with van der Waals surface area (Å²) in [7, 11) is 0. The van der Waals surface area contributed by atoms with Crippen LogP contribution in [0.2, 0.25) is 0 Å². The molecule has 0 spiro atoms. The van der Waals surface area contributed by atoms with Crippen LogP contribution in [0.4, 0.5) is 0 Å². The van der Waals surface area contributed by atoms with Crippen LogP contribution in [0.5, 0.6) is 0 Å². The third kappa shape index (κ3) is 2.45. The molecule has 3 rings (SSSR count). The first-order valence-electron chi connectivity index (χ1n) is 7.98. The monoisotopic (exact) mass is 252 g/mol. The average Bonchev–Trinajstić information content (AvgIpc) is 2.42. The summed E-state index contributed by atoms with van der Waals surface area (Å²) in [6.07, 6.45) is 9.09. The van der Waals surface area contributed by atoms with Crippen molar-refractivity contribution in [3.63, 3.8) is 0 Å². The Kier molecular flexibility index (Phi) is 4.22. The highest BCUT2D eigenvalue weighted by Crippen LogP contribution is 2.39. The predicted molar refractivity (Wildman–Crippen MR) is 73.5 cm³/mol.